The highest BCUT2D eigenvalue weighted by Crippen LogP contribution is 2.47. The van der Waals surface area contributed by atoms with Gasteiger partial charge in [-0.05, 0) is 32.1 Å². The van der Waals surface area contributed by atoms with Crippen LogP contribution in [0.2, 0.25) is 0 Å². The Hall–Kier alpha value is -0.0800. The molecule has 13 heavy (non-hydrogen) atoms. The van der Waals surface area contributed by atoms with Crippen LogP contribution in [0.25, 0.3) is 0 Å². The molecule has 1 saturated heterocycles. The fourth-order valence-corrected chi connectivity index (χ4v) is 2.73. The number of likely N-dealkylation sites (tertiary alicyclic amines) is 1. The minimum Gasteiger partial charge on any atom is -0.394 e. The van der Waals surface area contributed by atoms with Crippen molar-refractivity contribution in [3.8, 4) is 0 Å². The van der Waals surface area contributed by atoms with E-state index < -0.39 is 0 Å². The lowest BCUT2D eigenvalue weighted by molar-refractivity contribution is -0.0797. The van der Waals surface area contributed by atoms with Gasteiger partial charge in [-0.15, -0.1) is 0 Å². The number of hydrogen-bond acceptors (Lipinski definition) is 2. The average molecular weight is 183 g/mol. The molecule has 0 aromatic heterocycles. The number of aliphatic hydroxyl groups is 1. The Bertz CT molecular complexity index is 186. The molecular formula is C11H21NO. The van der Waals surface area contributed by atoms with Gasteiger partial charge in [0.1, 0.15) is 0 Å². The van der Waals surface area contributed by atoms with E-state index in [0.29, 0.717) is 5.41 Å². The van der Waals surface area contributed by atoms with Crippen LogP contribution in [0.5, 0.6) is 0 Å². The minimum absolute atomic E-state index is 0.00778. The van der Waals surface area contributed by atoms with Crippen molar-refractivity contribution in [1.29, 1.82) is 0 Å². The zero-order valence-corrected chi connectivity index (χ0v) is 8.84. The van der Waals surface area contributed by atoms with Gasteiger partial charge < -0.3 is 5.11 Å². The number of hydrogen-bond donors (Lipinski definition) is 1. The van der Waals surface area contributed by atoms with Gasteiger partial charge in [-0.25, -0.2) is 0 Å². The van der Waals surface area contributed by atoms with E-state index in [4.69, 9.17) is 0 Å². The summed E-state index contributed by atoms with van der Waals surface area (Å²) >= 11 is 0. The first-order valence-corrected chi connectivity index (χ1v) is 5.44. The third-order valence-corrected chi connectivity index (χ3v) is 3.96. The Morgan fingerprint density at radius 3 is 2.23 bits per heavy atom. The first-order valence-electron chi connectivity index (χ1n) is 5.44. The molecule has 1 N–H and O–H groups in total. The summed E-state index contributed by atoms with van der Waals surface area (Å²) in [6.07, 6.45) is 5.69. The highest BCUT2D eigenvalue weighted by molar-refractivity contribution is 5.02. The van der Waals surface area contributed by atoms with Crippen molar-refractivity contribution in [2.45, 2.75) is 45.1 Å². The highest BCUT2D eigenvalue weighted by atomic mass is 16.3. The zero-order chi connectivity index (χ0) is 9.53. The van der Waals surface area contributed by atoms with Gasteiger partial charge in [0, 0.05) is 18.6 Å². The number of nitrogens with zero attached hydrogens (tertiary/aromatic N) is 1. The van der Waals surface area contributed by atoms with Crippen LogP contribution in [0.1, 0.15) is 39.5 Å². The Balaban J connectivity index is 1.90. The molecule has 1 aliphatic carbocycles. The molecule has 2 nitrogen and oxygen atoms in total. The number of rotatable bonds is 2. The molecule has 0 atom stereocenters. The Morgan fingerprint density at radius 2 is 1.77 bits per heavy atom. The van der Waals surface area contributed by atoms with E-state index in [1.54, 1.807) is 0 Å². The molecule has 0 aromatic rings. The van der Waals surface area contributed by atoms with Crippen LogP contribution in [-0.2, 0) is 0 Å². The van der Waals surface area contributed by atoms with Gasteiger partial charge in [-0.1, -0.05) is 12.8 Å². The van der Waals surface area contributed by atoms with E-state index >= 15 is 0 Å². The molecule has 76 valence electrons. The summed E-state index contributed by atoms with van der Waals surface area (Å²) in [7, 11) is 0. The lowest BCUT2D eigenvalue weighted by atomic mass is 9.75. The van der Waals surface area contributed by atoms with Crippen LogP contribution in [0.15, 0.2) is 0 Å². The molecule has 1 heterocycles. The second-order valence-electron chi connectivity index (χ2n) is 5.53. The van der Waals surface area contributed by atoms with Crippen molar-refractivity contribution in [2.24, 2.45) is 5.41 Å². The quantitative estimate of drug-likeness (QED) is 0.703. The van der Waals surface area contributed by atoms with Crippen LogP contribution >= 0.6 is 0 Å². The summed E-state index contributed by atoms with van der Waals surface area (Å²) in [5.74, 6) is 0. The molecule has 2 aliphatic rings. The largest absolute Gasteiger partial charge is 0.394 e. The molecule has 1 saturated carbocycles. The second-order valence-corrected chi connectivity index (χ2v) is 5.53. The molecular weight excluding hydrogens is 162 g/mol. The van der Waals surface area contributed by atoms with Crippen molar-refractivity contribution in [1.82, 2.24) is 4.90 Å². The smallest absolute Gasteiger partial charge is 0.0610 e. The van der Waals surface area contributed by atoms with Crippen molar-refractivity contribution in [3.05, 3.63) is 0 Å². The fourth-order valence-electron chi connectivity index (χ4n) is 2.73. The third-order valence-electron chi connectivity index (χ3n) is 3.96. The summed E-state index contributed by atoms with van der Waals surface area (Å²) in [4.78, 5) is 2.43. The molecule has 0 unspecified atom stereocenters. The fraction of sp³-hybridized carbons (Fsp3) is 1.00. The Morgan fingerprint density at radius 1 is 1.23 bits per heavy atom. The van der Waals surface area contributed by atoms with Crippen LogP contribution in [0, 0.1) is 5.41 Å². The van der Waals surface area contributed by atoms with Crippen LogP contribution in [0.3, 0.4) is 0 Å². The first-order chi connectivity index (χ1) is 6.08. The van der Waals surface area contributed by atoms with E-state index in [2.05, 4.69) is 18.7 Å². The van der Waals surface area contributed by atoms with E-state index in [9.17, 15) is 5.11 Å². The number of aliphatic hydroxyl groups excluding tert-OH is 1. The Labute approximate surface area is 80.9 Å². The van der Waals surface area contributed by atoms with Gasteiger partial charge in [0.25, 0.3) is 0 Å². The van der Waals surface area contributed by atoms with Crippen LogP contribution in [-0.4, -0.2) is 35.2 Å². The topological polar surface area (TPSA) is 23.5 Å². The van der Waals surface area contributed by atoms with Crippen molar-refractivity contribution >= 4 is 0 Å². The van der Waals surface area contributed by atoms with Gasteiger partial charge in [-0.3, -0.25) is 4.90 Å². The molecule has 2 fully saturated rings. The van der Waals surface area contributed by atoms with E-state index in [0.717, 1.165) is 0 Å². The standard InChI is InChI=1S/C11H21NO/c1-10(2,9-13)12-7-11(8-12)5-3-4-6-11/h13H,3-9H2,1-2H3. The Kier molecular flexibility index (Phi) is 2.16. The lowest BCUT2D eigenvalue weighted by Crippen LogP contribution is -2.63. The maximum absolute atomic E-state index is 9.22. The van der Waals surface area contributed by atoms with Gasteiger partial charge in [0.2, 0.25) is 0 Å². The second kappa shape index (κ2) is 2.96. The van der Waals surface area contributed by atoms with E-state index in [1.165, 1.54) is 38.8 Å². The maximum atomic E-state index is 9.22. The normalized spacial score (nSPS) is 27.9. The predicted molar refractivity (Wildman–Crippen MR) is 53.6 cm³/mol. The first kappa shape index (κ1) is 9.47. The molecule has 2 rings (SSSR count). The SMILES string of the molecule is CC(C)(CO)N1CC2(CCCC2)C1. The van der Waals surface area contributed by atoms with E-state index in [1.807, 2.05) is 0 Å². The van der Waals surface area contributed by atoms with Gasteiger partial charge in [0.15, 0.2) is 0 Å². The molecule has 0 bridgehead atoms. The van der Waals surface area contributed by atoms with Crippen molar-refractivity contribution in [3.63, 3.8) is 0 Å². The molecule has 0 aromatic carbocycles. The monoisotopic (exact) mass is 183 g/mol. The summed E-state index contributed by atoms with van der Waals surface area (Å²) in [5, 5.41) is 9.22. The molecule has 1 spiro atoms. The van der Waals surface area contributed by atoms with Crippen molar-refractivity contribution < 1.29 is 5.11 Å². The molecule has 1 aliphatic heterocycles. The average Bonchev–Trinajstić information content (AvgIpc) is 2.49. The predicted octanol–water partition coefficient (Wildman–Crippen LogP) is 1.63. The summed E-state index contributed by atoms with van der Waals surface area (Å²) in [6.45, 7) is 6.99. The van der Waals surface area contributed by atoms with E-state index in [-0.39, 0.29) is 12.1 Å². The highest BCUT2D eigenvalue weighted by Gasteiger charge is 2.48. The third kappa shape index (κ3) is 1.50. The van der Waals surface area contributed by atoms with Gasteiger partial charge in [0.05, 0.1) is 6.61 Å². The van der Waals surface area contributed by atoms with Gasteiger partial charge in [-0.2, -0.15) is 0 Å². The minimum atomic E-state index is 0.00778. The van der Waals surface area contributed by atoms with Crippen LogP contribution in [0.4, 0.5) is 0 Å². The summed E-state index contributed by atoms with van der Waals surface area (Å²) in [5.41, 5.74) is 0.667. The summed E-state index contributed by atoms with van der Waals surface area (Å²) < 4.78 is 0. The van der Waals surface area contributed by atoms with Gasteiger partial charge >= 0.3 is 0 Å². The zero-order valence-electron chi connectivity index (χ0n) is 8.84. The molecule has 0 amide bonds. The maximum Gasteiger partial charge on any atom is 0.0610 e. The van der Waals surface area contributed by atoms with Crippen LogP contribution < -0.4 is 0 Å². The summed E-state index contributed by atoms with van der Waals surface area (Å²) in [6, 6.07) is 0. The molecule has 2 heteroatoms. The lowest BCUT2D eigenvalue weighted by Gasteiger charge is -2.55. The molecule has 0 radical (unpaired) electrons. The van der Waals surface area contributed by atoms with Crippen molar-refractivity contribution in [2.75, 3.05) is 19.7 Å².